The number of carboxylic acid groups (broad SMARTS) is 1. The standard InChI is InChI=1S/C13H24N2O3S/c1-19-9-6-11(13(17)18)15-12(16)3-2-10-4-7-14-8-5-10/h10-11,14H,2-9H2,1H3,(H,15,16)(H,17,18)/t11-/m0/s1. The number of piperidine rings is 1. The summed E-state index contributed by atoms with van der Waals surface area (Å²) >= 11 is 1.59. The molecular formula is C13H24N2O3S. The van der Waals surface area contributed by atoms with Crippen molar-refractivity contribution >= 4 is 23.6 Å². The smallest absolute Gasteiger partial charge is 0.326 e. The zero-order valence-corrected chi connectivity index (χ0v) is 12.3. The highest BCUT2D eigenvalue weighted by Crippen LogP contribution is 2.17. The van der Waals surface area contributed by atoms with Crippen LogP contribution in [0.2, 0.25) is 0 Å². The molecule has 6 heteroatoms. The zero-order chi connectivity index (χ0) is 14.1. The second kappa shape index (κ2) is 9.20. The van der Waals surface area contributed by atoms with Crippen LogP contribution in [0.25, 0.3) is 0 Å². The van der Waals surface area contributed by atoms with E-state index >= 15 is 0 Å². The van der Waals surface area contributed by atoms with Crippen molar-refractivity contribution in [2.75, 3.05) is 25.1 Å². The van der Waals surface area contributed by atoms with Gasteiger partial charge in [-0.25, -0.2) is 4.79 Å². The third-order valence-electron chi connectivity index (χ3n) is 3.48. The predicted molar refractivity (Wildman–Crippen MR) is 77.4 cm³/mol. The normalized spacial score (nSPS) is 17.9. The van der Waals surface area contributed by atoms with E-state index in [1.54, 1.807) is 11.8 Å². The van der Waals surface area contributed by atoms with Crippen LogP contribution in [0.1, 0.15) is 32.1 Å². The molecule has 1 atom stereocenters. The van der Waals surface area contributed by atoms with E-state index in [1.807, 2.05) is 6.26 Å². The first-order chi connectivity index (χ1) is 9.13. The third kappa shape index (κ3) is 6.82. The third-order valence-corrected chi connectivity index (χ3v) is 4.13. The summed E-state index contributed by atoms with van der Waals surface area (Å²) in [7, 11) is 0. The first kappa shape index (κ1) is 16.3. The lowest BCUT2D eigenvalue weighted by Crippen LogP contribution is -2.41. The zero-order valence-electron chi connectivity index (χ0n) is 11.5. The summed E-state index contributed by atoms with van der Waals surface area (Å²) in [5.41, 5.74) is 0. The van der Waals surface area contributed by atoms with Gasteiger partial charge in [0.2, 0.25) is 5.91 Å². The minimum absolute atomic E-state index is 0.132. The topological polar surface area (TPSA) is 78.4 Å². The Morgan fingerprint density at radius 3 is 2.68 bits per heavy atom. The Labute approximate surface area is 118 Å². The van der Waals surface area contributed by atoms with Gasteiger partial charge in [-0.15, -0.1) is 0 Å². The number of carbonyl (C=O) groups excluding carboxylic acids is 1. The molecule has 0 aliphatic carbocycles. The molecular weight excluding hydrogens is 264 g/mol. The van der Waals surface area contributed by atoms with Crippen LogP contribution in [0.3, 0.4) is 0 Å². The summed E-state index contributed by atoms with van der Waals surface area (Å²) in [6, 6.07) is -0.743. The van der Waals surface area contributed by atoms with Crippen molar-refractivity contribution in [3.8, 4) is 0 Å². The average molecular weight is 288 g/mol. The van der Waals surface area contributed by atoms with Crippen molar-refractivity contribution in [1.82, 2.24) is 10.6 Å². The second-order valence-electron chi connectivity index (χ2n) is 4.97. The maximum absolute atomic E-state index is 11.8. The van der Waals surface area contributed by atoms with E-state index in [4.69, 9.17) is 5.11 Å². The van der Waals surface area contributed by atoms with E-state index in [-0.39, 0.29) is 5.91 Å². The average Bonchev–Trinajstić information content (AvgIpc) is 2.42. The van der Waals surface area contributed by atoms with Crippen LogP contribution in [0, 0.1) is 5.92 Å². The molecule has 1 heterocycles. The van der Waals surface area contributed by atoms with Gasteiger partial charge in [0.15, 0.2) is 0 Å². The SMILES string of the molecule is CSCC[C@H](NC(=O)CCC1CCNCC1)C(=O)O. The number of thioether (sulfide) groups is 1. The number of amides is 1. The fourth-order valence-electron chi connectivity index (χ4n) is 2.27. The number of rotatable bonds is 8. The molecule has 0 spiro atoms. The van der Waals surface area contributed by atoms with Gasteiger partial charge in [-0.05, 0) is 56.7 Å². The van der Waals surface area contributed by atoms with Crippen LogP contribution in [0.15, 0.2) is 0 Å². The molecule has 110 valence electrons. The Hall–Kier alpha value is -0.750. The first-order valence-electron chi connectivity index (χ1n) is 6.85. The molecule has 0 aromatic carbocycles. The van der Waals surface area contributed by atoms with Gasteiger partial charge in [-0.1, -0.05) is 0 Å². The van der Waals surface area contributed by atoms with Crippen molar-refractivity contribution in [3.63, 3.8) is 0 Å². The summed E-state index contributed by atoms with van der Waals surface area (Å²) in [4.78, 5) is 22.8. The molecule has 0 bridgehead atoms. The molecule has 0 unspecified atom stereocenters. The predicted octanol–water partition coefficient (Wildman–Crippen LogP) is 1.09. The Balaban J connectivity index is 2.25. The molecule has 1 saturated heterocycles. The number of aliphatic carboxylic acids is 1. The fourth-order valence-corrected chi connectivity index (χ4v) is 2.74. The second-order valence-corrected chi connectivity index (χ2v) is 5.96. The van der Waals surface area contributed by atoms with Gasteiger partial charge in [0.25, 0.3) is 0 Å². The van der Waals surface area contributed by atoms with Gasteiger partial charge in [0.05, 0.1) is 0 Å². The number of carboxylic acids is 1. The van der Waals surface area contributed by atoms with Crippen molar-refractivity contribution < 1.29 is 14.7 Å². The fraction of sp³-hybridized carbons (Fsp3) is 0.846. The lowest BCUT2D eigenvalue weighted by molar-refractivity contribution is -0.141. The van der Waals surface area contributed by atoms with Crippen LogP contribution in [0.4, 0.5) is 0 Å². The summed E-state index contributed by atoms with van der Waals surface area (Å²) < 4.78 is 0. The summed E-state index contributed by atoms with van der Waals surface area (Å²) in [5, 5.41) is 14.9. The molecule has 0 radical (unpaired) electrons. The lowest BCUT2D eigenvalue weighted by atomic mass is 9.93. The van der Waals surface area contributed by atoms with Crippen LogP contribution < -0.4 is 10.6 Å². The molecule has 1 fully saturated rings. The molecule has 1 aliphatic heterocycles. The molecule has 19 heavy (non-hydrogen) atoms. The number of hydrogen-bond acceptors (Lipinski definition) is 4. The van der Waals surface area contributed by atoms with Crippen molar-refractivity contribution in [2.24, 2.45) is 5.92 Å². The molecule has 1 rings (SSSR count). The molecule has 0 saturated carbocycles. The summed E-state index contributed by atoms with van der Waals surface area (Å²) in [6.45, 7) is 2.05. The summed E-state index contributed by atoms with van der Waals surface area (Å²) in [5.74, 6) is 0.267. The molecule has 3 N–H and O–H groups in total. The maximum Gasteiger partial charge on any atom is 0.326 e. The first-order valence-corrected chi connectivity index (χ1v) is 8.24. The molecule has 1 aliphatic rings. The van der Waals surface area contributed by atoms with E-state index in [0.717, 1.165) is 38.1 Å². The van der Waals surface area contributed by atoms with Crippen LogP contribution in [-0.2, 0) is 9.59 Å². The molecule has 0 aromatic rings. The van der Waals surface area contributed by atoms with E-state index < -0.39 is 12.0 Å². The highest BCUT2D eigenvalue weighted by molar-refractivity contribution is 7.98. The molecule has 0 aromatic heterocycles. The van der Waals surface area contributed by atoms with E-state index in [0.29, 0.717) is 18.8 Å². The maximum atomic E-state index is 11.8. The lowest BCUT2D eigenvalue weighted by Gasteiger charge is -2.22. The monoisotopic (exact) mass is 288 g/mol. The Bertz CT molecular complexity index is 294. The van der Waals surface area contributed by atoms with Crippen molar-refractivity contribution in [3.05, 3.63) is 0 Å². The van der Waals surface area contributed by atoms with E-state index in [1.165, 1.54) is 0 Å². The quantitative estimate of drug-likeness (QED) is 0.623. The van der Waals surface area contributed by atoms with E-state index in [2.05, 4.69) is 10.6 Å². The van der Waals surface area contributed by atoms with Crippen molar-refractivity contribution in [2.45, 2.75) is 38.1 Å². The van der Waals surface area contributed by atoms with E-state index in [9.17, 15) is 9.59 Å². The largest absolute Gasteiger partial charge is 0.480 e. The van der Waals surface area contributed by atoms with Gasteiger partial charge in [0.1, 0.15) is 6.04 Å². The highest BCUT2D eigenvalue weighted by atomic mass is 32.2. The number of nitrogens with one attached hydrogen (secondary N) is 2. The Morgan fingerprint density at radius 2 is 2.11 bits per heavy atom. The van der Waals surface area contributed by atoms with Gasteiger partial charge >= 0.3 is 5.97 Å². The van der Waals surface area contributed by atoms with Crippen LogP contribution in [-0.4, -0.2) is 48.1 Å². The van der Waals surface area contributed by atoms with Crippen LogP contribution in [0.5, 0.6) is 0 Å². The minimum atomic E-state index is -0.940. The van der Waals surface area contributed by atoms with Gasteiger partial charge in [-0.3, -0.25) is 4.79 Å². The Morgan fingerprint density at radius 1 is 1.42 bits per heavy atom. The Kier molecular flexibility index (Phi) is 7.90. The number of hydrogen-bond donors (Lipinski definition) is 3. The minimum Gasteiger partial charge on any atom is -0.480 e. The van der Waals surface area contributed by atoms with Gasteiger partial charge in [-0.2, -0.15) is 11.8 Å². The number of carbonyl (C=O) groups is 2. The van der Waals surface area contributed by atoms with Gasteiger partial charge < -0.3 is 15.7 Å². The summed E-state index contributed by atoms with van der Waals surface area (Å²) in [6.07, 6.45) is 5.94. The van der Waals surface area contributed by atoms with Crippen molar-refractivity contribution in [1.29, 1.82) is 0 Å². The van der Waals surface area contributed by atoms with Gasteiger partial charge in [0, 0.05) is 6.42 Å². The molecule has 5 nitrogen and oxygen atoms in total. The molecule has 1 amide bonds. The van der Waals surface area contributed by atoms with Crippen LogP contribution >= 0.6 is 11.8 Å². The highest BCUT2D eigenvalue weighted by Gasteiger charge is 2.20.